The van der Waals surface area contributed by atoms with Gasteiger partial charge >= 0.3 is 5.97 Å². The van der Waals surface area contributed by atoms with E-state index in [1.165, 1.54) is 0 Å². The third-order valence-electron chi connectivity index (χ3n) is 4.75. The van der Waals surface area contributed by atoms with Crippen LogP contribution in [0.4, 0.5) is 0 Å². The van der Waals surface area contributed by atoms with E-state index in [2.05, 4.69) is 0 Å². The van der Waals surface area contributed by atoms with E-state index in [4.69, 9.17) is 18.6 Å². The lowest BCUT2D eigenvalue weighted by Crippen LogP contribution is -2.27. The van der Waals surface area contributed by atoms with Gasteiger partial charge in [-0.25, -0.2) is 4.79 Å². The molecule has 1 aliphatic heterocycles. The first-order chi connectivity index (χ1) is 13.6. The minimum atomic E-state index is -0.656. The summed E-state index contributed by atoms with van der Waals surface area (Å²) < 4.78 is 22.1. The third kappa shape index (κ3) is 3.39. The van der Waals surface area contributed by atoms with E-state index in [1.54, 1.807) is 43.5 Å². The molecule has 144 valence electrons. The molecule has 0 saturated carbocycles. The number of ether oxygens (including phenoxy) is 3. The molecular weight excluding hydrogens is 360 g/mol. The number of methoxy groups -OCH3 is 1. The van der Waals surface area contributed by atoms with Gasteiger partial charge in [0, 0.05) is 12.2 Å². The van der Waals surface area contributed by atoms with Crippen molar-refractivity contribution in [1.29, 1.82) is 0 Å². The number of rotatable bonds is 4. The largest absolute Gasteiger partial charge is 0.497 e. The number of benzene rings is 2. The van der Waals surface area contributed by atoms with Gasteiger partial charge in [-0.3, -0.25) is 4.79 Å². The highest BCUT2D eigenvalue weighted by Crippen LogP contribution is 2.32. The molecule has 0 bridgehead atoms. The van der Waals surface area contributed by atoms with Gasteiger partial charge in [-0.15, -0.1) is 0 Å². The van der Waals surface area contributed by atoms with Crippen molar-refractivity contribution in [2.75, 3.05) is 13.7 Å². The Morgan fingerprint density at radius 1 is 1.14 bits per heavy atom. The molecule has 1 atom stereocenters. The summed E-state index contributed by atoms with van der Waals surface area (Å²) in [4.78, 5) is 25.7. The Labute approximate surface area is 161 Å². The number of fused-ring (bicyclic) bond motifs is 1. The molecule has 0 amide bonds. The number of esters is 1. The monoisotopic (exact) mass is 380 g/mol. The fraction of sp³-hybridized carbons (Fsp3) is 0.273. The van der Waals surface area contributed by atoms with Gasteiger partial charge < -0.3 is 18.6 Å². The Kier molecular flexibility index (Phi) is 4.88. The van der Waals surface area contributed by atoms with Gasteiger partial charge in [-0.1, -0.05) is 11.6 Å². The molecule has 6 heteroatoms. The lowest BCUT2D eigenvalue weighted by molar-refractivity contribution is -0.144. The second-order valence-corrected chi connectivity index (χ2v) is 6.74. The molecule has 0 unspecified atom stereocenters. The number of carbonyl (C=O) groups excluding carboxylic acids is 1. The summed E-state index contributed by atoms with van der Waals surface area (Å²) in [5.74, 6) is 0.172. The highest BCUT2D eigenvalue weighted by molar-refractivity contribution is 5.85. The maximum absolute atomic E-state index is 13.1. The van der Waals surface area contributed by atoms with Gasteiger partial charge in [0.1, 0.15) is 11.3 Å². The number of aryl methyl sites for hydroxylation is 1. The predicted molar refractivity (Wildman–Crippen MR) is 104 cm³/mol. The van der Waals surface area contributed by atoms with E-state index in [1.807, 2.05) is 13.0 Å². The van der Waals surface area contributed by atoms with Crippen molar-refractivity contribution in [3.63, 3.8) is 0 Å². The molecule has 1 fully saturated rings. The SMILES string of the molecule is COc1ccc(-c2oc3ccc(C)cc3c(=O)c2OC(=O)[C@@H]2CCCO2)cc1. The second-order valence-electron chi connectivity index (χ2n) is 6.74. The minimum Gasteiger partial charge on any atom is -0.497 e. The first-order valence-corrected chi connectivity index (χ1v) is 9.12. The molecule has 0 spiro atoms. The predicted octanol–water partition coefficient (Wildman–Crippen LogP) is 3.86. The molecule has 6 nitrogen and oxygen atoms in total. The van der Waals surface area contributed by atoms with Gasteiger partial charge in [0.25, 0.3) is 0 Å². The summed E-state index contributed by atoms with van der Waals surface area (Å²) in [6.45, 7) is 2.39. The molecule has 1 aromatic heterocycles. The van der Waals surface area contributed by atoms with Crippen LogP contribution in [-0.4, -0.2) is 25.8 Å². The Balaban J connectivity index is 1.86. The Morgan fingerprint density at radius 3 is 2.61 bits per heavy atom. The highest BCUT2D eigenvalue weighted by Gasteiger charge is 2.28. The van der Waals surface area contributed by atoms with Gasteiger partial charge in [0.15, 0.2) is 11.9 Å². The van der Waals surface area contributed by atoms with E-state index < -0.39 is 12.1 Å². The summed E-state index contributed by atoms with van der Waals surface area (Å²) in [6, 6.07) is 12.3. The van der Waals surface area contributed by atoms with Crippen LogP contribution in [0.5, 0.6) is 11.5 Å². The van der Waals surface area contributed by atoms with E-state index >= 15 is 0 Å². The summed E-state index contributed by atoms with van der Waals surface area (Å²) >= 11 is 0. The van der Waals surface area contributed by atoms with Crippen LogP contribution in [0.1, 0.15) is 18.4 Å². The van der Waals surface area contributed by atoms with Crippen molar-refractivity contribution >= 4 is 16.9 Å². The molecule has 28 heavy (non-hydrogen) atoms. The fourth-order valence-electron chi connectivity index (χ4n) is 3.25. The zero-order valence-corrected chi connectivity index (χ0v) is 15.7. The molecule has 2 aromatic carbocycles. The maximum Gasteiger partial charge on any atom is 0.340 e. The quantitative estimate of drug-likeness (QED) is 0.640. The van der Waals surface area contributed by atoms with Gasteiger partial charge in [0.05, 0.1) is 12.5 Å². The van der Waals surface area contributed by atoms with Crippen molar-refractivity contribution in [2.24, 2.45) is 0 Å². The van der Waals surface area contributed by atoms with E-state index in [9.17, 15) is 9.59 Å². The molecule has 1 saturated heterocycles. The summed E-state index contributed by atoms with van der Waals surface area (Å²) in [5, 5.41) is 0.368. The summed E-state index contributed by atoms with van der Waals surface area (Å²) in [7, 11) is 1.57. The molecule has 1 aliphatic rings. The Hall–Kier alpha value is -3.12. The van der Waals surface area contributed by atoms with Crippen molar-refractivity contribution in [2.45, 2.75) is 25.9 Å². The van der Waals surface area contributed by atoms with Crippen molar-refractivity contribution < 1.29 is 23.4 Å². The van der Waals surface area contributed by atoms with E-state index in [0.29, 0.717) is 35.3 Å². The van der Waals surface area contributed by atoms with Crippen LogP contribution < -0.4 is 14.9 Å². The maximum atomic E-state index is 13.1. The zero-order chi connectivity index (χ0) is 19.7. The van der Waals surface area contributed by atoms with Crippen LogP contribution in [0.15, 0.2) is 51.7 Å². The zero-order valence-electron chi connectivity index (χ0n) is 15.7. The van der Waals surface area contributed by atoms with Crippen molar-refractivity contribution in [3.05, 3.63) is 58.3 Å². The lowest BCUT2D eigenvalue weighted by atomic mass is 10.1. The number of hydrogen-bond donors (Lipinski definition) is 0. The molecule has 0 aliphatic carbocycles. The molecule has 4 rings (SSSR count). The van der Waals surface area contributed by atoms with Gasteiger partial charge in [-0.05, 0) is 56.2 Å². The van der Waals surface area contributed by atoms with Crippen LogP contribution in [-0.2, 0) is 9.53 Å². The normalized spacial score (nSPS) is 16.3. The number of hydrogen-bond acceptors (Lipinski definition) is 6. The molecular formula is C22H20O6. The molecule has 0 N–H and O–H groups in total. The first kappa shape index (κ1) is 18.3. The van der Waals surface area contributed by atoms with Crippen LogP contribution in [0.3, 0.4) is 0 Å². The van der Waals surface area contributed by atoms with Gasteiger partial charge in [-0.2, -0.15) is 0 Å². The average molecular weight is 380 g/mol. The topological polar surface area (TPSA) is 75.0 Å². The van der Waals surface area contributed by atoms with E-state index in [0.717, 1.165) is 12.0 Å². The first-order valence-electron chi connectivity index (χ1n) is 9.12. The highest BCUT2D eigenvalue weighted by atomic mass is 16.6. The second kappa shape index (κ2) is 7.48. The fourth-order valence-corrected chi connectivity index (χ4v) is 3.25. The number of carbonyl (C=O) groups is 1. The van der Waals surface area contributed by atoms with Crippen LogP contribution >= 0.6 is 0 Å². The standard InChI is InChI=1S/C22H20O6/c1-13-5-10-17-16(12-13)19(23)21(28-22(24)18-4-3-11-26-18)20(27-17)14-6-8-15(25-2)9-7-14/h5-10,12,18H,3-4,11H2,1-2H3/t18-/m0/s1. The molecule has 0 radical (unpaired) electrons. The van der Waals surface area contributed by atoms with Crippen LogP contribution in [0, 0.1) is 6.92 Å². The Bertz CT molecular complexity index is 1070. The molecule has 2 heterocycles. The van der Waals surface area contributed by atoms with Crippen molar-refractivity contribution in [1.82, 2.24) is 0 Å². The smallest absolute Gasteiger partial charge is 0.340 e. The summed E-state index contributed by atoms with van der Waals surface area (Å²) in [5.41, 5.74) is 1.56. The summed E-state index contributed by atoms with van der Waals surface area (Å²) in [6.07, 6.45) is 0.710. The van der Waals surface area contributed by atoms with Gasteiger partial charge in [0.2, 0.25) is 11.2 Å². The van der Waals surface area contributed by atoms with E-state index in [-0.39, 0.29) is 16.9 Å². The Morgan fingerprint density at radius 2 is 1.93 bits per heavy atom. The van der Waals surface area contributed by atoms with Crippen LogP contribution in [0.2, 0.25) is 0 Å². The molecule has 3 aromatic rings. The third-order valence-corrected chi connectivity index (χ3v) is 4.75. The van der Waals surface area contributed by atoms with Crippen molar-refractivity contribution in [3.8, 4) is 22.8 Å². The van der Waals surface area contributed by atoms with Crippen LogP contribution in [0.25, 0.3) is 22.3 Å². The minimum absolute atomic E-state index is 0.122. The average Bonchev–Trinajstić information content (AvgIpc) is 3.25. The lowest BCUT2D eigenvalue weighted by Gasteiger charge is -2.13.